The summed E-state index contributed by atoms with van der Waals surface area (Å²) < 4.78 is 32.0. The number of likely N-dealkylation sites (N-methyl/N-ethyl adjacent to an activating group) is 1. The Hall–Kier alpha value is -1.00. The Balaban J connectivity index is 2.06. The van der Waals surface area contributed by atoms with Gasteiger partial charge in [0.15, 0.2) is 0 Å². The zero-order valence-corrected chi connectivity index (χ0v) is 11.3. The number of halogens is 2. The highest BCUT2D eigenvalue weighted by Gasteiger charge is 2.24. The van der Waals surface area contributed by atoms with E-state index in [1.807, 2.05) is 6.92 Å². The third-order valence-corrected chi connectivity index (χ3v) is 3.76. The van der Waals surface area contributed by atoms with E-state index >= 15 is 0 Å². The van der Waals surface area contributed by atoms with Crippen molar-refractivity contribution >= 4 is 0 Å². The van der Waals surface area contributed by atoms with Crippen molar-refractivity contribution in [2.45, 2.75) is 32.2 Å². The van der Waals surface area contributed by atoms with E-state index in [1.165, 1.54) is 6.07 Å². The van der Waals surface area contributed by atoms with E-state index in [0.717, 1.165) is 38.7 Å². The van der Waals surface area contributed by atoms with E-state index in [0.29, 0.717) is 17.9 Å². The molecule has 1 fully saturated rings. The van der Waals surface area contributed by atoms with Crippen LogP contribution < -0.4 is 5.32 Å². The molecule has 1 unspecified atom stereocenters. The van der Waals surface area contributed by atoms with Crippen molar-refractivity contribution in [1.29, 1.82) is 0 Å². The van der Waals surface area contributed by atoms with Crippen LogP contribution >= 0.6 is 0 Å². The molecule has 0 aromatic heterocycles. The van der Waals surface area contributed by atoms with E-state index < -0.39 is 11.6 Å². The smallest absolute Gasteiger partial charge is 0.129 e. The zero-order chi connectivity index (χ0) is 13.7. The molecule has 2 rings (SSSR count). The molecule has 1 saturated heterocycles. The molecule has 19 heavy (non-hydrogen) atoms. The first kappa shape index (κ1) is 14.4. The molecule has 1 aliphatic heterocycles. The van der Waals surface area contributed by atoms with Gasteiger partial charge in [0.05, 0.1) is 0 Å². The average molecular weight is 269 g/mol. The average Bonchev–Trinajstić information content (AvgIpc) is 2.42. The van der Waals surface area contributed by atoms with Crippen LogP contribution in [0, 0.1) is 17.6 Å². The maximum atomic E-state index is 13.7. The molecule has 1 aliphatic rings. The topological polar surface area (TPSA) is 21.3 Å². The fourth-order valence-electron chi connectivity index (χ4n) is 2.71. The lowest BCUT2D eigenvalue weighted by Gasteiger charge is -2.31. The summed E-state index contributed by atoms with van der Waals surface area (Å²) in [6, 6.07) is 4.07. The Morgan fingerprint density at radius 1 is 1.32 bits per heavy atom. The normalized spacial score (nSPS) is 18.5. The van der Waals surface area contributed by atoms with Crippen LogP contribution in [-0.2, 0) is 11.2 Å². The maximum Gasteiger partial charge on any atom is 0.129 e. The van der Waals surface area contributed by atoms with Gasteiger partial charge in [0.2, 0.25) is 0 Å². The number of hydrogen-bond donors (Lipinski definition) is 1. The Labute approximate surface area is 113 Å². The molecule has 1 aromatic rings. The van der Waals surface area contributed by atoms with Gasteiger partial charge >= 0.3 is 0 Å². The van der Waals surface area contributed by atoms with Gasteiger partial charge in [-0.05, 0) is 43.4 Å². The fraction of sp³-hybridized carbons (Fsp3) is 0.600. The summed E-state index contributed by atoms with van der Waals surface area (Å²) >= 11 is 0. The Morgan fingerprint density at radius 3 is 2.68 bits per heavy atom. The first-order valence-electron chi connectivity index (χ1n) is 6.95. The van der Waals surface area contributed by atoms with Gasteiger partial charge in [0.1, 0.15) is 11.6 Å². The summed E-state index contributed by atoms with van der Waals surface area (Å²) in [7, 11) is 0. The second-order valence-corrected chi connectivity index (χ2v) is 5.05. The minimum Gasteiger partial charge on any atom is -0.381 e. The Morgan fingerprint density at radius 2 is 2.05 bits per heavy atom. The highest BCUT2D eigenvalue weighted by molar-refractivity contribution is 5.20. The lowest BCUT2D eigenvalue weighted by Crippen LogP contribution is -2.40. The van der Waals surface area contributed by atoms with Crippen molar-refractivity contribution in [1.82, 2.24) is 5.32 Å². The Kier molecular flexibility index (Phi) is 5.28. The van der Waals surface area contributed by atoms with Crippen LogP contribution in [0.5, 0.6) is 0 Å². The summed E-state index contributed by atoms with van der Waals surface area (Å²) in [6.07, 6.45) is 2.60. The van der Waals surface area contributed by atoms with Crippen LogP contribution in [0.3, 0.4) is 0 Å². The highest BCUT2D eigenvalue weighted by Crippen LogP contribution is 2.22. The van der Waals surface area contributed by atoms with Crippen molar-refractivity contribution in [2.24, 2.45) is 5.92 Å². The van der Waals surface area contributed by atoms with Gasteiger partial charge in [-0.3, -0.25) is 0 Å². The largest absolute Gasteiger partial charge is 0.381 e. The molecule has 1 N–H and O–H groups in total. The molecular weight excluding hydrogens is 248 g/mol. The SMILES string of the molecule is CCNC(Cc1ccc(F)cc1F)C1CCOCC1. The second-order valence-electron chi connectivity index (χ2n) is 5.05. The predicted molar refractivity (Wildman–Crippen MR) is 71.1 cm³/mol. The van der Waals surface area contributed by atoms with E-state index in [1.54, 1.807) is 6.07 Å². The molecule has 0 radical (unpaired) electrons. The van der Waals surface area contributed by atoms with Crippen LogP contribution in [-0.4, -0.2) is 25.8 Å². The first-order chi connectivity index (χ1) is 9.20. The molecule has 0 amide bonds. The Bertz CT molecular complexity index is 405. The van der Waals surface area contributed by atoms with Crippen LogP contribution in [0.4, 0.5) is 8.78 Å². The molecule has 1 atom stereocenters. The predicted octanol–water partition coefficient (Wildman–Crippen LogP) is 2.91. The minimum absolute atomic E-state index is 0.230. The van der Waals surface area contributed by atoms with Crippen LogP contribution in [0.25, 0.3) is 0 Å². The maximum absolute atomic E-state index is 13.7. The van der Waals surface area contributed by atoms with Crippen LogP contribution in [0.15, 0.2) is 18.2 Å². The third-order valence-electron chi connectivity index (χ3n) is 3.76. The summed E-state index contributed by atoms with van der Waals surface area (Å²) in [5.41, 5.74) is 0.582. The monoisotopic (exact) mass is 269 g/mol. The number of ether oxygens (including phenoxy) is 1. The van der Waals surface area contributed by atoms with Gasteiger partial charge in [0.25, 0.3) is 0 Å². The van der Waals surface area contributed by atoms with Crippen molar-refractivity contribution in [3.63, 3.8) is 0 Å². The van der Waals surface area contributed by atoms with Crippen molar-refractivity contribution < 1.29 is 13.5 Å². The van der Waals surface area contributed by atoms with Gasteiger partial charge in [-0.2, -0.15) is 0 Å². The molecule has 2 nitrogen and oxygen atoms in total. The lowest BCUT2D eigenvalue weighted by atomic mass is 9.87. The first-order valence-corrected chi connectivity index (χ1v) is 6.95. The number of hydrogen-bond acceptors (Lipinski definition) is 2. The summed E-state index contributed by atoms with van der Waals surface area (Å²) in [4.78, 5) is 0. The van der Waals surface area contributed by atoms with Crippen molar-refractivity contribution in [2.75, 3.05) is 19.8 Å². The summed E-state index contributed by atoms with van der Waals surface area (Å²) in [5, 5.41) is 3.43. The lowest BCUT2D eigenvalue weighted by molar-refractivity contribution is 0.0539. The molecule has 4 heteroatoms. The molecule has 1 aromatic carbocycles. The zero-order valence-electron chi connectivity index (χ0n) is 11.3. The van der Waals surface area contributed by atoms with Gasteiger partial charge < -0.3 is 10.1 Å². The van der Waals surface area contributed by atoms with Crippen molar-refractivity contribution in [3.05, 3.63) is 35.4 Å². The molecule has 0 spiro atoms. The quantitative estimate of drug-likeness (QED) is 0.887. The molecule has 0 aliphatic carbocycles. The van der Waals surface area contributed by atoms with E-state index in [2.05, 4.69) is 5.32 Å². The number of benzene rings is 1. The summed E-state index contributed by atoms with van der Waals surface area (Å²) in [6.45, 7) is 4.45. The van der Waals surface area contributed by atoms with Crippen LogP contribution in [0.1, 0.15) is 25.3 Å². The van der Waals surface area contributed by atoms with Gasteiger partial charge in [-0.1, -0.05) is 13.0 Å². The highest BCUT2D eigenvalue weighted by atomic mass is 19.1. The fourth-order valence-corrected chi connectivity index (χ4v) is 2.71. The molecule has 0 bridgehead atoms. The summed E-state index contributed by atoms with van der Waals surface area (Å²) in [5.74, 6) is -0.472. The minimum atomic E-state index is -0.521. The molecule has 0 saturated carbocycles. The number of rotatable bonds is 5. The third kappa shape index (κ3) is 3.98. The van der Waals surface area contributed by atoms with E-state index in [9.17, 15) is 8.78 Å². The van der Waals surface area contributed by atoms with Crippen molar-refractivity contribution in [3.8, 4) is 0 Å². The standard InChI is InChI=1S/C15H21F2NO/c1-2-18-15(11-5-7-19-8-6-11)9-12-3-4-13(16)10-14(12)17/h3-4,10-11,15,18H,2,5-9H2,1H3. The molecule has 106 valence electrons. The molecular formula is C15H21F2NO. The second kappa shape index (κ2) is 6.96. The van der Waals surface area contributed by atoms with E-state index in [4.69, 9.17) is 4.74 Å². The molecule has 1 heterocycles. The van der Waals surface area contributed by atoms with Crippen LogP contribution in [0.2, 0.25) is 0 Å². The number of nitrogens with one attached hydrogen (secondary N) is 1. The van der Waals surface area contributed by atoms with E-state index in [-0.39, 0.29) is 6.04 Å². The van der Waals surface area contributed by atoms with Gasteiger partial charge in [0, 0.05) is 25.3 Å². The van der Waals surface area contributed by atoms with Gasteiger partial charge in [-0.15, -0.1) is 0 Å². The van der Waals surface area contributed by atoms with Gasteiger partial charge in [-0.25, -0.2) is 8.78 Å².